The second kappa shape index (κ2) is 4.49. The van der Waals surface area contributed by atoms with Crippen LogP contribution < -0.4 is 10.6 Å². The topological polar surface area (TPSA) is 42.2 Å². The van der Waals surface area contributed by atoms with Gasteiger partial charge in [0.15, 0.2) is 5.13 Å². The van der Waals surface area contributed by atoms with Gasteiger partial charge in [0.2, 0.25) is 0 Å². The Kier molecular flexibility index (Phi) is 3.26. The molecule has 0 amide bonds. The lowest BCUT2D eigenvalue weighted by Crippen LogP contribution is -2.33. The maximum atomic E-state index is 5.59. The van der Waals surface area contributed by atoms with Gasteiger partial charge in [-0.15, -0.1) is 11.3 Å². The summed E-state index contributed by atoms with van der Waals surface area (Å²) in [6.45, 7) is 5.10. The van der Waals surface area contributed by atoms with Gasteiger partial charge in [-0.05, 0) is 26.2 Å². The number of aromatic nitrogens is 1. The predicted molar refractivity (Wildman–Crippen MR) is 65.3 cm³/mol. The Balaban J connectivity index is 2.20. The summed E-state index contributed by atoms with van der Waals surface area (Å²) >= 11 is 1.73. The van der Waals surface area contributed by atoms with E-state index in [-0.39, 0.29) is 0 Å². The molecule has 2 heterocycles. The Morgan fingerprint density at radius 2 is 2.40 bits per heavy atom. The summed E-state index contributed by atoms with van der Waals surface area (Å²) in [7, 11) is 0. The lowest BCUT2D eigenvalue weighted by Gasteiger charge is -2.27. The molecule has 1 aromatic heterocycles. The Morgan fingerprint density at radius 1 is 1.60 bits per heavy atom. The molecule has 2 rings (SSSR count). The van der Waals surface area contributed by atoms with E-state index in [4.69, 9.17) is 5.73 Å². The fourth-order valence-electron chi connectivity index (χ4n) is 2.33. The highest BCUT2D eigenvalue weighted by molar-refractivity contribution is 7.13. The zero-order valence-corrected chi connectivity index (χ0v) is 10.3. The van der Waals surface area contributed by atoms with E-state index in [2.05, 4.69) is 29.1 Å². The first-order valence-electron chi connectivity index (χ1n) is 5.69. The molecule has 0 radical (unpaired) electrons. The van der Waals surface area contributed by atoms with Crippen molar-refractivity contribution in [2.75, 3.05) is 4.90 Å². The zero-order valence-electron chi connectivity index (χ0n) is 9.44. The van der Waals surface area contributed by atoms with Crippen molar-refractivity contribution in [3.63, 3.8) is 0 Å². The average molecular weight is 225 g/mol. The van der Waals surface area contributed by atoms with E-state index in [9.17, 15) is 0 Å². The quantitative estimate of drug-likeness (QED) is 0.858. The molecule has 1 saturated heterocycles. The number of thiazole rings is 1. The van der Waals surface area contributed by atoms with Crippen molar-refractivity contribution in [1.82, 2.24) is 4.98 Å². The van der Waals surface area contributed by atoms with E-state index in [1.54, 1.807) is 11.3 Å². The van der Waals surface area contributed by atoms with Gasteiger partial charge < -0.3 is 10.6 Å². The Bertz CT molecular complexity index is 323. The number of rotatable bonds is 3. The van der Waals surface area contributed by atoms with Gasteiger partial charge in [0.05, 0.1) is 5.69 Å². The number of anilines is 1. The van der Waals surface area contributed by atoms with Crippen molar-refractivity contribution in [3.05, 3.63) is 11.1 Å². The van der Waals surface area contributed by atoms with Crippen LogP contribution in [-0.2, 0) is 6.54 Å². The van der Waals surface area contributed by atoms with Crippen LogP contribution in [0.25, 0.3) is 0 Å². The molecule has 0 spiro atoms. The molecule has 15 heavy (non-hydrogen) atoms. The van der Waals surface area contributed by atoms with Crippen LogP contribution in [0.3, 0.4) is 0 Å². The van der Waals surface area contributed by atoms with Crippen LogP contribution in [0.15, 0.2) is 5.38 Å². The van der Waals surface area contributed by atoms with Crippen LogP contribution in [0.4, 0.5) is 5.13 Å². The van der Waals surface area contributed by atoms with E-state index >= 15 is 0 Å². The summed E-state index contributed by atoms with van der Waals surface area (Å²) in [5.74, 6) is 0. The summed E-state index contributed by atoms with van der Waals surface area (Å²) in [5, 5.41) is 3.24. The molecule has 84 valence electrons. The average Bonchev–Trinajstić information content (AvgIpc) is 2.83. The molecular formula is C11H19N3S. The molecule has 1 fully saturated rings. The van der Waals surface area contributed by atoms with Crippen molar-refractivity contribution < 1.29 is 0 Å². The molecular weight excluding hydrogens is 206 g/mol. The molecule has 1 aliphatic rings. The Hall–Kier alpha value is -0.610. The molecule has 2 unspecified atom stereocenters. The highest BCUT2D eigenvalue weighted by Crippen LogP contribution is 2.33. The van der Waals surface area contributed by atoms with E-state index in [1.165, 1.54) is 19.3 Å². The zero-order chi connectivity index (χ0) is 10.8. The van der Waals surface area contributed by atoms with E-state index in [0.717, 1.165) is 10.8 Å². The van der Waals surface area contributed by atoms with Crippen molar-refractivity contribution >= 4 is 16.5 Å². The second-order valence-corrected chi connectivity index (χ2v) is 5.06. The second-order valence-electron chi connectivity index (χ2n) is 4.22. The first-order valence-corrected chi connectivity index (χ1v) is 6.57. The fraction of sp³-hybridized carbons (Fsp3) is 0.727. The first kappa shape index (κ1) is 10.9. The lowest BCUT2D eigenvalue weighted by atomic mass is 10.2. The monoisotopic (exact) mass is 225 g/mol. The van der Waals surface area contributed by atoms with Gasteiger partial charge in [0.25, 0.3) is 0 Å². The summed E-state index contributed by atoms with van der Waals surface area (Å²) in [4.78, 5) is 7.05. The van der Waals surface area contributed by atoms with E-state index in [0.29, 0.717) is 18.6 Å². The minimum Gasteiger partial charge on any atom is -0.342 e. The smallest absolute Gasteiger partial charge is 0.186 e. The van der Waals surface area contributed by atoms with Gasteiger partial charge in [-0.3, -0.25) is 0 Å². The van der Waals surface area contributed by atoms with Crippen LogP contribution in [0.5, 0.6) is 0 Å². The molecule has 3 nitrogen and oxygen atoms in total. The van der Waals surface area contributed by atoms with E-state index in [1.807, 2.05) is 0 Å². The standard InChI is InChI=1S/C11H19N3S/c1-3-10-5-4-8(2)14(10)11-13-9(6-12)7-15-11/h7-8,10H,3-6,12H2,1-2H3. The number of hydrogen-bond donors (Lipinski definition) is 1. The third kappa shape index (κ3) is 2.01. The summed E-state index contributed by atoms with van der Waals surface area (Å²) < 4.78 is 0. The largest absolute Gasteiger partial charge is 0.342 e. The number of hydrogen-bond acceptors (Lipinski definition) is 4. The first-order chi connectivity index (χ1) is 7.26. The van der Waals surface area contributed by atoms with Crippen molar-refractivity contribution in [2.45, 2.75) is 51.7 Å². The van der Waals surface area contributed by atoms with Gasteiger partial charge in [0, 0.05) is 24.0 Å². The van der Waals surface area contributed by atoms with Crippen LogP contribution in [0.1, 0.15) is 38.8 Å². The van der Waals surface area contributed by atoms with Gasteiger partial charge in [-0.1, -0.05) is 6.92 Å². The van der Waals surface area contributed by atoms with Crippen molar-refractivity contribution in [2.24, 2.45) is 5.73 Å². The van der Waals surface area contributed by atoms with Crippen molar-refractivity contribution in [1.29, 1.82) is 0 Å². The number of nitrogens with two attached hydrogens (primary N) is 1. The fourth-order valence-corrected chi connectivity index (χ4v) is 3.34. The minimum absolute atomic E-state index is 0.551. The molecule has 1 aromatic rings. The summed E-state index contributed by atoms with van der Waals surface area (Å²) in [6.07, 6.45) is 3.80. The SMILES string of the molecule is CCC1CCC(C)N1c1nc(CN)cs1. The highest BCUT2D eigenvalue weighted by atomic mass is 32.1. The molecule has 0 aromatic carbocycles. The third-order valence-electron chi connectivity index (χ3n) is 3.23. The minimum atomic E-state index is 0.551. The van der Waals surface area contributed by atoms with Crippen LogP contribution >= 0.6 is 11.3 Å². The molecule has 2 N–H and O–H groups in total. The molecule has 1 aliphatic heterocycles. The van der Waals surface area contributed by atoms with Gasteiger partial charge in [0.1, 0.15) is 0 Å². The molecule has 0 aliphatic carbocycles. The maximum absolute atomic E-state index is 5.59. The molecule has 0 bridgehead atoms. The van der Waals surface area contributed by atoms with Crippen LogP contribution in [-0.4, -0.2) is 17.1 Å². The summed E-state index contributed by atoms with van der Waals surface area (Å²) in [6, 6.07) is 1.31. The molecule has 4 heteroatoms. The van der Waals surface area contributed by atoms with E-state index < -0.39 is 0 Å². The van der Waals surface area contributed by atoms with Gasteiger partial charge >= 0.3 is 0 Å². The molecule has 2 atom stereocenters. The lowest BCUT2D eigenvalue weighted by molar-refractivity contribution is 0.625. The highest BCUT2D eigenvalue weighted by Gasteiger charge is 2.31. The Labute approximate surface area is 95.3 Å². The van der Waals surface area contributed by atoms with Crippen molar-refractivity contribution in [3.8, 4) is 0 Å². The third-order valence-corrected chi connectivity index (χ3v) is 4.13. The normalized spacial score (nSPS) is 26.2. The maximum Gasteiger partial charge on any atom is 0.186 e. The number of nitrogens with zero attached hydrogens (tertiary/aromatic N) is 2. The Morgan fingerprint density at radius 3 is 3.00 bits per heavy atom. The van der Waals surface area contributed by atoms with Crippen LogP contribution in [0, 0.1) is 0 Å². The van der Waals surface area contributed by atoms with Crippen LogP contribution in [0.2, 0.25) is 0 Å². The van der Waals surface area contributed by atoms with Gasteiger partial charge in [-0.25, -0.2) is 4.98 Å². The predicted octanol–water partition coefficient (Wildman–Crippen LogP) is 2.37. The summed E-state index contributed by atoms with van der Waals surface area (Å²) in [5.41, 5.74) is 6.61. The van der Waals surface area contributed by atoms with Gasteiger partial charge in [-0.2, -0.15) is 0 Å². The molecule has 0 saturated carbocycles.